The number of rotatable bonds is 2. The molecule has 0 N–H and O–H groups in total. The summed E-state index contributed by atoms with van der Waals surface area (Å²) >= 11 is 1.92. The number of anilines is 1. The summed E-state index contributed by atoms with van der Waals surface area (Å²) in [4.78, 5) is 2.75. The Hall–Kier alpha value is -3.62. The smallest absolute Gasteiger partial charge is 0.0559 e. The average molecular weight is 604 g/mol. The van der Waals surface area contributed by atoms with Crippen LogP contribution in [-0.4, -0.2) is 6.04 Å². The van der Waals surface area contributed by atoms with Crippen LogP contribution in [0.1, 0.15) is 46.0 Å². The molecule has 2 fully saturated rings. The van der Waals surface area contributed by atoms with Crippen molar-refractivity contribution in [3.8, 4) is 11.1 Å². The third-order valence-electron chi connectivity index (χ3n) is 12.6. The van der Waals surface area contributed by atoms with Gasteiger partial charge in [0.2, 0.25) is 0 Å². The van der Waals surface area contributed by atoms with Crippen LogP contribution < -0.4 is 4.90 Å². The average Bonchev–Trinajstić information content (AvgIpc) is 3.71. The summed E-state index contributed by atoms with van der Waals surface area (Å²) in [5, 5.41) is 2.74. The number of hydrogen-bond acceptors (Lipinski definition) is 2. The molecule has 224 valence electrons. The molecule has 1 aromatic heterocycles. The highest BCUT2D eigenvalue weighted by Gasteiger charge is 2.58. The molecule has 0 radical (unpaired) electrons. The van der Waals surface area contributed by atoms with Gasteiger partial charge in [0.25, 0.3) is 0 Å². The standard InChI is InChI=1S/C43H41NS/c1-43(2)36-15-6-3-10-29(36)32-23-22-31-33(41(32)43)24-25-38-40(31)35-12-4-7-16-37(35)44(38)27-20-18-26(19-21-27)28-13-9-14-34-30-11-5-8-17-39(30)45-42(28)34/h5,8-11,13-25,31-33,35,38,40-41H,3-4,6-7,12H2,1-2H3. The van der Waals surface area contributed by atoms with Crippen molar-refractivity contribution in [1.29, 1.82) is 0 Å². The molecule has 6 aliphatic rings. The first-order chi connectivity index (χ1) is 22.1. The maximum absolute atomic E-state index is 2.75. The van der Waals surface area contributed by atoms with Gasteiger partial charge in [0, 0.05) is 43.4 Å². The maximum atomic E-state index is 2.75. The predicted octanol–water partition coefficient (Wildman–Crippen LogP) is 11.5. The largest absolute Gasteiger partial charge is 0.338 e. The zero-order valence-electron chi connectivity index (χ0n) is 26.3. The molecule has 1 nitrogen and oxygen atoms in total. The second kappa shape index (κ2) is 9.69. The molecule has 7 atom stereocenters. The molecule has 2 heteroatoms. The van der Waals surface area contributed by atoms with Crippen LogP contribution in [0.2, 0.25) is 0 Å². The van der Waals surface area contributed by atoms with Gasteiger partial charge in [-0.2, -0.15) is 0 Å². The van der Waals surface area contributed by atoms with Gasteiger partial charge in [-0.15, -0.1) is 11.3 Å². The fraction of sp³-hybridized carbons (Fsp3) is 0.349. The van der Waals surface area contributed by atoms with Gasteiger partial charge in [0.15, 0.2) is 0 Å². The van der Waals surface area contributed by atoms with Crippen molar-refractivity contribution in [3.63, 3.8) is 0 Å². The van der Waals surface area contributed by atoms with E-state index in [0.717, 1.165) is 0 Å². The van der Waals surface area contributed by atoms with Crippen LogP contribution >= 0.6 is 11.3 Å². The molecule has 45 heavy (non-hydrogen) atoms. The predicted molar refractivity (Wildman–Crippen MR) is 191 cm³/mol. The SMILES string of the molecule is CC1(C)C2=CCCC=C2C2C=CC3C(C=CC4C3C3CCCC=C3N4c3ccc(-c4cccc5c4sc4ccccc45)cc3)C21. The van der Waals surface area contributed by atoms with E-state index in [0.29, 0.717) is 41.5 Å². The second-order valence-corrected chi connectivity index (χ2v) is 16.0. The first-order valence-electron chi connectivity index (χ1n) is 17.4. The molecule has 4 aromatic rings. The van der Waals surface area contributed by atoms with Crippen molar-refractivity contribution in [2.45, 2.75) is 52.0 Å². The lowest BCUT2D eigenvalue weighted by atomic mass is 9.57. The van der Waals surface area contributed by atoms with E-state index in [9.17, 15) is 0 Å². The number of benzene rings is 3. The minimum atomic E-state index is 0.235. The van der Waals surface area contributed by atoms with Crippen molar-refractivity contribution < 1.29 is 0 Å². The molecule has 3 aromatic carbocycles. The fourth-order valence-electron chi connectivity index (χ4n) is 10.8. The summed E-state index contributed by atoms with van der Waals surface area (Å²) in [6.07, 6.45) is 24.7. The van der Waals surface area contributed by atoms with E-state index < -0.39 is 0 Å². The second-order valence-electron chi connectivity index (χ2n) is 15.0. The fourth-order valence-corrected chi connectivity index (χ4v) is 12.1. The highest BCUT2D eigenvalue weighted by molar-refractivity contribution is 7.26. The lowest BCUT2D eigenvalue weighted by Gasteiger charge is -2.47. The van der Waals surface area contributed by atoms with Gasteiger partial charge in [0.1, 0.15) is 0 Å². The zero-order chi connectivity index (χ0) is 29.9. The third kappa shape index (κ3) is 3.67. The molecule has 0 bridgehead atoms. The molecular formula is C43H41NS. The summed E-state index contributed by atoms with van der Waals surface area (Å²) in [5.41, 5.74) is 9.16. The maximum Gasteiger partial charge on any atom is 0.0559 e. The van der Waals surface area contributed by atoms with Gasteiger partial charge >= 0.3 is 0 Å². The Balaban J connectivity index is 1.03. The Bertz CT molecular complexity index is 2010. The Morgan fingerprint density at radius 1 is 0.756 bits per heavy atom. The van der Waals surface area contributed by atoms with E-state index in [1.165, 1.54) is 69.1 Å². The normalized spacial score (nSPS) is 32.4. The Labute approximate surface area is 271 Å². The van der Waals surface area contributed by atoms with Crippen LogP contribution in [0.3, 0.4) is 0 Å². The molecule has 1 aliphatic heterocycles. The lowest BCUT2D eigenvalue weighted by molar-refractivity contribution is 0.111. The van der Waals surface area contributed by atoms with E-state index in [-0.39, 0.29) is 5.41 Å². The van der Waals surface area contributed by atoms with Gasteiger partial charge in [0.05, 0.1) is 6.04 Å². The third-order valence-corrected chi connectivity index (χ3v) is 13.8. The minimum absolute atomic E-state index is 0.235. The number of allylic oxidation sites excluding steroid dienone is 9. The van der Waals surface area contributed by atoms with Crippen molar-refractivity contribution in [2.24, 2.45) is 40.9 Å². The van der Waals surface area contributed by atoms with Gasteiger partial charge in [-0.1, -0.05) is 105 Å². The molecule has 0 spiro atoms. The van der Waals surface area contributed by atoms with E-state index in [2.05, 4.69) is 128 Å². The summed E-state index contributed by atoms with van der Waals surface area (Å²) in [6, 6.07) is 25.7. The van der Waals surface area contributed by atoms with E-state index in [1.807, 2.05) is 11.3 Å². The monoisotopic (exact) mass is 603 g/mol. The molecular weight excluding hydrogens is 563 g/mol. The summed E-state index contributed by atoms with van der Waals surface area (Å²) in [6.45, 7) is 5.10. The molecule has 2 heterocycles. The van der Waals surface area contributed by atoms with Crippen LogP contribution in [-0.2, 0) is 0 Å². The topological polar surface area (TPSA) is 3.24 Å². The summed E-state index contributed by atoms with van der Waals surface area (Å²) in [5.74, 6) is 3.79. The van der Waals surface area contributed by atoms with Crippen LogP contribution in [0, 0.1) is 40.9 Å². The quantitative estimate of drug-likeness (QED) is 0.206. The number of nitrogens with zero attached hydrogens (tertiary/aromatic N) is 1. The molecule has 10 rings (SSSR count). The first kappa shape index (κ1) is 26.6. The number of thiophene rings is 1. The van der Waals surface area contributed by atoms with Crippen molar-refractivity contribution in [1.82, 2.24) is 0 Å². The number of hydrogen-bond donors (Lipinski definition) is 0. The minimum Gasteiger partial charge on any atom is -0.338 e. The van der Waals surface area contributed by atoms with E-state index in [1.54, 1.807) is 16.8 Å². The van der Waals surface area contributed by atoms with Crippen LogP contribution in [0.25, 0.3) is 31.3 Å². The highest BCUT2D eigenvalue weighted by atomic mass is 32.1. The number of fused-ring (bicyclic) bond motifs is 12. The van der Waals surface area contributed by atoms with Gasteiger partial charge in [-0.05, 0) is 102 Å². The Morgan fingerprint density at radius 2 is 1.58 bits per heavy atom. The Morgan fingerprint density at radius 3 is 2.49 bits per heavy atom. The molecule has 5 aliphatic carbocycles. The summed E-state index contributed by atoms with van der Waals surface area (Å²) < 4.78 is 2.77. The summed E-state index contributed by atoms with van der Waals surface area (Å²) in [7, 11) is 0. The van der Waals surface area contributed by atoms with E-state index in [4.69, 9.17) is 0 Å². The molecule has 1 saturated heterocycles. The molecule has 1 saturated carbocycles. The van der Waals surface area contributed by atoms with Crippen LogP contribution in [0.15, 0.2) is 126 Å². The molecule has 7 unspecified atom stereocenters. The van der Waals surface area contributed by atoms with Crippen molar-refractivity contribution in [2.75, 3.05) is 4.90 Å². The lowest BCUT2D eigenvalue weighted by Crippen LogP contribution is -2.45. The first-order valence-corrected chi connectivity index (χ1v) is 18.2. The molecule has 0 amide bonds. The van der Waals surface area contributed by atoms with E-state index >= 15 is 0 Å². The van der Waals surface area contributed by atoms with Crippen molar-refractivity contribution in [3.05, 3.63) is 126 Å². The van der Waals surface area contributed by atoms with Crippen molar-refractivity contribution >= 4 is 37.2 Å². The van der Waals surface area contributed by atoms with Gasteiger partial charge in [-0.25, -0.2) is 0 Å². The van der Waals surface area contributed by atoms with Crippen LogP contribution in [0.5, 0.6) is 0 Å². The Kier molecular flexibility index (Phi) is 5.73. The zero-order valence-corrected chi connectivity index (χ0v) is 27.1. The highest BCUT2D eigenvalue weighted by Crippen LogP contribution is 2.64. The van der Waals surface area contributed by atoms with Gasteiger partial charge < -0.3 is 4.90 Å². The van der Waals surface area contributed by atoms with Gasteiger partial charge in [-0.3, -0.25) is 0 Å². The van der Waals surface area contributed by atoms with Crippen LogP contribution in [0.4, 0.5) is 5.69 Å².